The summed E-state index contributed by atoms with van der Waals surface area (Å²) in [5.41, 5.74) is -0.168. The quantitative estimate of drug-likeness (QED) is 0.734. The Hall–Kier alpha value is -1.52. The molecule has 1 saturated heterocycles. The van der Waals surface area contributed by atoms with Crippen LogP contribution in [0, 0.1) is 5.41 Å². The van der Waals surface area contributed by atoms with Gasteiger partial charge in [0.05, 0.1) is 0 Å². The van der Waals surface area contributed by atoms with Gasteiger partial charge in [-0.2, -0.15) is 0 Å². The number of nitrogens with zero attached hydrogens (tertiary/aromatic N) is 1. The minimum atomic E-state index is -0.925. The first-order valence-electron chi connectivity index (χ1n) is 5.38. The van der Waals surface area contributed by atoms with E-state index in [0.29, 0.717) is 6.54 Å². The van der Waals surface area contributed by atoms with Gasteiger partial charge < -0.3 is 9.84 Å². The van der Waals surface area contributed by atoms with E-state index in [1.54, 1.807) is 0 Å². The van der Waals surface area contributed by atoms with Crippen LogP contribution in [0.15, 0.2) is 12.7 Å². The monoisotopic (exact) mass is 225 g/mol. The molecule has 1 atom stereocenters. The minimum absolute atomic E-state index is 0.120. The molecule has 0 aromatic rings. The van der Waals surface area contributed by atoms with Crippen LogP contribution < -0.4 is 0 Å². The number of amides is 1. The summed E-state index contributed by atoms with van der Waals surface area (Å²) in [4.78, 5) is 24.1. The Labute approximate surface area is 93.7 Å². The Kier molecular flexibility index (Phi) is 2.61. The van der Waals surface area contributed by atoms with E-state index in [4.69, 9.17) is 9.84 Å². The highest BCUT2D eigenvalue weighted by molar-refractivity contribution is 5.82. The number of likely N-dealkylation sites (tertiary alicyclic amines) is 1. The van der Waals surface area contributed by atoms with Gasteiger partial charge in [-0.1, -0.05) is 12.7 Å². The van der Waals surface area contributed by atoms with Gasteiger partial charge in [0, 0.05) is 12.0 Å². The van der Waals surface area contributed by atoms with E-state index in [2.05, 4.69) is 6.58 Å². The van der Waals surface area contributed by atoms with Gasteiger partial charge in [-0.25, -0.2) is 9.59 Å². The molecule has 1 aliphatic heterocycles. The molecule has 1 aliphatic carbocycles. The van der Waals surface area contributed by atoms with Gasteiger partial charge in [-0.05, 0) is 19.3 Å². The van der Waals surface area contributed by atoms with Gasteiger partial charge >= 0.3 is 12.1 Å². The molecule has 5 heteroatoms. The highest BCUT2D eigenvalue weighted by Gasteiger charge is 2.60. The Bertz CT molecular complexity index is 335. The molecule has 1 N–H and O–H groups in total. The van der Waals surface area contributed by atoms with Crippen molar-refractivity contribution in [3.63, 3.8) is 0 Å². The third kappa shape index (κ3) is 1.66. The van der Waals surface area contributed by atoms with Crippen molar-refractivity contribution in [3.8, 4) is 0 Å². The Balaban J connectivity index is 2.06. The Morgan fingerprint density at radius 3 is 2.69 bits per heavy atom. The maximum Gasteiger partial charge on any atom is 0.410 e. The summed E-state index contributed by atoms with van der Waals surface area (Å²) in [6, 6.07) is -0.704. The van der Waals surface area contributed by atoms with Crippen LogP contribution in [0.25, 0.3) is 0 Å². The molecule has 88 valence electrons. The zero-order chi connectivity index (χ0) is 11.8. The summed E-state index contributed by atoms with van der Waals surface area (Å²) in [5, 5.41) is 9.16. The number of hydrogen-bond acceptors (Lipinski definition) is 3. The van der Waals surface area contributed by atoms with Crippen LogP contribution in [0.5, 0.6) is 0 Å². The predicted octanol–water partition coefficient (Wildman–Crippen LogP) is 1.25. The lowest BCUT2D eigenvalue weighted by Gasteiger charge is -2.23. The number of rotatable bonds is 3. The fourth-order valence-electron chi connectivity index (χ4n) is 2.43. The lowest BCUT2D eigenvalue weighted by atomic mass is 9.97. The van der Waals surface area contributed by atoms with Gasteiger partial charge in [0.25, 0.3) is 0 Å². The van der Waals surface area contributed by atoms with Crippen molar-refractivity contribution in [1.82, 2.24) is 4.90 Å². The third-order valence-electron chi connectivity index (χ3n) is 3.43. The van der Waals surface area contributed by atoms with Crippen LogP contribution in [-0.4, -0.2) is 41.3 Å². The normalized spacial score (nSPS) is 25.5. The summed E-state index contributed by atoms with van der Waals surface area (Å²) in [6.45, 7) is 4.04. The van der Waals surface area contributed by atoms with E-state index in [0.717, 1.165) is 19.3 Å². The van der Waals surface area contributed by atoms with Crippen LogP contribution in [0.3, 0.4) is 0 Å². The molecule has 16 heavy (non-hydrogen) atoms. The second-order valence-corrected chi connectivity index (χ2v) is 4.41. The van der Waals surface area contributed by atoms with Crippen molar-refractivity contribution in [1.29, 1.82) is 0 Å². The van der Waals surface area contributed by atoms with Crippen molar-refractivity contribution in [2.45, 2.75) is 25.3 Å². The van der Waals surface area contributed by atoms with Crippen LogP contribution in [0.4, 0.5) is 4.79 Å². The van der Waals surface area contributed by atoms with E-state index < -0.39 is 18.1 Å². The summed E-state index contributed by atoms with van der Waals surface area (Å²) in [5.74, 6) is -0.925. The lowest BCUT2D eigenvalue weighted by molar-refractivity contribution is -0.143. The van der Waals surface area contributed by atoms with Gasteiger partial charge in [0.15, 0.2) is 0 Å². The SMILES string of the molecule is C=CCOC(=O)N1CCC2(CC2)C1C(=O)O. The summed E-state index contributed by atoms with van der Waals surface area (Å²) in [6.07, 6.45) is 3.49. The number of carboxylic acids is 1. The average molecular weight is 225 g/mol. The fraction of sp³-hybridized carbons (Fsp3) is 0.636. The maximum absolute atomic E-state index is 11.6. The summed E-state index contributed by atoms with van der Waals surface area (Å²) in [7, 11) is 0. The van der Waals surface area contributed by atoms with E-state index in [1.165, 1.54) is 11.0 Å². The van der Waals surface area contributed by atoms with Crippen LogP contribution in [0.1, 0.15) is 19.3 Å². The molecule has 1 spiro atoms. The van der Waals surface area contributed by atoms with Crippen molar-refractivity contribution in [2.24, 2.45) is 5.41 Å². The highest BCUT2D eigenvalue weighted by Crippen LogP contribution is 2.57. The standard InChI is InChI=1S/C11H15NO4/c1-2-7-16-10(15)12-6-5-11(3-4-11)8(12)9(13)14/h2,8H,1,3-7H2,(H,13,14). The molecule has 2 fully saturated rings. The molecule has 0 aromatic heterocycles. The molecule has 5 nitrogen and oxygen atoms in total. The largest absolute Gasteiger partial charge is 0.480 e. The topological polar surface area (TPSA) is 66.8 Å². The van der Waals surface area contributed by atoms with Crippen LogP contribution in [0.2, 0.25) is 0 Å². The first-order valence-corrected chi connectivity index (χ1v) is 5.38. The lowest BCUT2D eigenvalue weighted by Crippen LogP contribution is -2.44. The van der Waals surface area contributed by atoms with Crippen LogP contribution in [-0.2, 0) is 9.53 Å². The average Bonchev–Trinajstić information content (AvgIpc) is 2.88. The Morgan fingerprint density at radius 2 is 2.19 bits per heavy atom. The number of carboxylic acid groups (broad SMARTS) is 1. The number of aliphatic carboxylic acids is 1. The van der Waals surface area contributed by atoms with Crippen molar-refractivity contribution in [3.05, 3.63) is 12.7 Å². The zero-order valence-corrected chi connectivity index (χ0v) is 9.02. The fourth-order valence-corrected chi connectivity index (χ4v) is 2.43. The molecule has 0 radical (unpaired) electrons. The second kappa shape index (κ2) is 3.81. The third-order valence-corrected chi connectivity index (χ3v) is 3.43. The number of carbonyl (C=O) groups excluding carboxylic acids is 1. The molecular formula is C11H15NO4. The van der Waals surface area contributed by atoms with E-state index in [9.17, 15) is 9.59 Å². The number of hydrogen-bond donors (Lipinski definition) is 1. The smallest absolute Gasteiger partial charge is 0.410 e. The van der Waals surface area contributed by atoms with Gasteiger partial charge in [0.2, 0.25) is 0 Å². The van der Waals surface area contributed by atoms with Gasteiger partial charge in [0.1, 0.15) is 12.6 Å². The maximum atomic E-state index is 11.6. The molecular weight excluding hydrogens is 210 g/mol. The second-order valence-electron chi connectivity index (χ2n) is 4.41. The molecule has 2 aliphatic rings. The van der Waals surface area contributed by atoms with Gasteiger partial charge in [-0.3, -0.25) is 4.90 Å². The van der Waals surface area contributed by atoms with Crippen LogP contribution >= 0.6 is 0 Å². The molecule has 1 heterocycles. The van der Waals surface area contributed by atoms with E-state index in [1.807, 2.05) is 0 Å². The first kappa shape index (κ1) is 11.0. The Morgan fingerprint density at radius 1 is 1.50 bits per heavy atom. The molecule has 0 aromatic carbocycles. The molecule has 1 saturated carbocycles. The molecule has 0 bridgehead atoms. The zero-order valence-electron chi connectivity index (χ0n) is 9.02. The minimum Gasteiger partial charge on any atom is -0.480 e. The van der Waals surface area contributed by atoms with Crippen molar-refractivity contribution in [2.75, 3.05) is 13.2 Å². The summed E-state index contributed by atoms with van der Waals surface area (Å²) >= 11 is 0. The summed E-state index contributed by atoms with van der Waals surface area (Å²) < 4.78 is 4.88. The van der Waals surface area contributed by atoms with Gasteiger partial charge in [-0.15, -0.1) is 0 Å². The van der Waals surface area contributed by atoms with Crippen molar-refractivity contribution >= 4 is 12.1 Å². The molecule has 2 rings (SSSR count). The predicted molar refractivity (Wildman–Crippen MR) is 56.0 cm³/mol. The molecule has 1 unspecified atom stereocenters. The van der Waals surface area contributed by atoms with E-state index >= 15 is 0 Å². The van der Waals surface area contributed by atoms with E-state index in [-0.39, 0.29) is 12.0 Å². The van der Waals surface area contributed by atoms with Crippen molar-refractivity contribution < 1.29 is 19.4 Å². The number of carbonyl (C=O) groups is 2. The highest BCUT2D eigenvalue weighted by atomic mass is 16.6. The first-order chi connectivity index (χ1) is 7.60. The number of ether oxygens (including phenoxy) is 1. The molecule has 1 amide bonds.